The molecule has 122 valence electrons. The van der Waals surface area contributed by atoms with Crippen LogP contribution in [0.15, 0.2) is 36.4 Å². The highest BCUT2D eigenvalue weighted by atomic mass is 16.5. The molecule has 1 aromatic rings. The van der Waals surface area contributed by atoms with E-state index >= 15 is 0 Å². The van der Waals surface area contributed by atoms with Gasteiger partial charge in [0.1, 0.15) is 0 Å². The molecule has 23 heavy (non-hydrogen) atoms. The third-order valence-electron chi connectivity index (χ3n) is 3.98. The first-order valence-electron chi connectivity index (χ1n) is 8.06. The summed E-state index contributed by atoms with van der Waals surface area (Å²) in [5.74, 6) is 0. The first kappa shape index (κ1) is 17.2. The number of anilines is 1. The molecule has 1 saturated heterocycles. The lowest BCUT2D eigenvalue weighted by atomic mass is 10.0. The number of allylic oxidation sites excluding steroid dienone is 3. The molecule has 1 aliphatic rings. The average Bonchev–Trinajstić information content (AvgIpc) is 2.55. The van der Waals surface area contributed by atoms with Gasteiger partial charge in [-0.05, 0) is 49.8 Å². The zero-order valence-electron chi connectivity index (χ0n) is 13.6. The molecule has 1 aliphatic heterocycles. The Morgan fingerprint density at radius 3 is 2.83 bits per heavy atom. The van der Waals surface area contributed by atoms with E-state index in [2.05, 4.69) is 12.2 Å². The van der Waals surface area contributed by atoms with Crippen molar-refractivity contribution in [2.75, 3.05) is 12.3 Å². The first-order chi connectivity index (χ1) is 11.1. The summed E-state index contributed by atoms with van der Waals surface area (Å²) in [7, 11) is 0. The van der Waals surface area contributed by atoms with Crippen LogP contribution in [0.2, 0.25) is 0 Å². The van der Waals surface area contributed by atoms with Crippen molar-refractivity contribution >= 4 is 23.2 Å². The second-order valence-corrected chi connectivity index (χ2v) is 5.80. The SMILES string of the molecule is CC(=N)c1ccc(/C(C=N)=C/C/C=C/C2CCCCO2)cc1N. The van der Waals surface area contributed by atoms with Gasteiger partial charge < -0.3 is 21.3 Å². The average molecular weight is 311 g/mol. The van der Waals surface area contributed by atoms with Crippen molar-refractivity contribution in [2.45, 2.75) is 38.7 Å². The van der Waals surface area contributed by atoms with Crippen LogP contribution in [0, 0.1) is 10.8 Å². The van der Waals surface area contributed by atoms with Crippen LogP contribution in [-0.2, 0) is 4.74 Å². The van der Waals surface area contributed by atoms with Gasteiger partial charge in [0.2, 0.25) is 0 Å². The Hall–Kier alpha value is -2.20. The zero-order valence-corrected chi connectivity index (χ0v) is 13.6. The summed E-state index contributed by atoms with van der Waals surface area (Å²) in [6, 6.07) is 5.59. The number of benzene rings is 1. The van der Waals surface area contributed by atoms with Gasteiger partial charge >= 0.3 is 0 Å². The van der Waals surface area contributed by atoms with Crippen LogP contribution in [0.3, 0.4) is 0 Å². The third kappa shape index (κ3) is 4.89. The van der Waals surface area contributed by atoms with E-state index in [1.807, 2.05) is 24.3 Å². The predicted octanol–water partition coefficient (Wildman–Crippen LogP) is 4.20. The number of hydrogen-bond donors (Lipinski definition) is 3. The van der Waals surface area contributed by atoms with Crippen molar-refractivity contribution in [3.8, 4) is 0 Å². The van der Waals surface area contributed by atoms with Crippen molar-refractivity contribution in [1.29, 1.82) is 10.8 Å². The van der Waals surface area contributed by atoms with Gasteiger partial charge in [-0.1, -0.05) is 30.4 Å². The largest absolute Gasteiger partial charge is 0.398 e. The molecule has 1 atom stereocenters. The van der Waals surface area contributed by atoms with E-state index in [0.717, 1.165) is 42.6 Å². The van der Waals surface area contributed by atoms with Crippen LogP contribution in [0.5, 0.6) is 0 Å². The maximum atomic E-state index is 7.67. The Morgan fingerprint density at radius 1 is 1.39 bits per heavy atom. The lowest BCUT2D eigenvalue weighted by Crippen LogP contribution is -2.16. The van der Waals surface area contributed by atoms with Gasteiger partial charge in [0, 0.05) is 29.8 Å². The molecule has 4 nitrogen and oxygen atoms in total. The molecular formula is C19H25N3O. The number of rotatable bonds is 6. The van der Waals surface area contributed by atoms with Gasteiger partial charge in [-0.2, -0.15) is 0 Å². The first-order valence-corrected chi connectivity index (χ1v) is 8.06. The van der Waals surface area contributed by atoms with Crippen LogP contribution < -0.4 is 5.73 Å². The fourth-order valence-electron chi connectivity index (χ4n) is 2.69. The fourth-order valence-corrected chi connectivity index (χ4v) is 2.69. The Balaban J connectivity index is 2.03. The van der Waals surface area contributed by atoms with Crippen LogP contribution >= 0.6 is 0 Å². The lowest BCUT2D eigenvalue weighted by Gasteiger charge is -2.19. The molecule has 0 aliphatic carbocycles. The van der Waals surface area contributed by atoms with E-state index in [1.54, 1.807) is 6.92 Å². The van der Waals surface area contributed by atoms with E-state index in [-0.39, 0.29) is 6.10 Å². The maximum absolute atomic E-state index is 7.67. The Bertz CT molecular complexity index is 626. The van der Waals surface area contributed by atoms with Crippen LogP contribution in [0.4, 0.5) is 5.69 Å². The number of ether oxygens (including phenoxy) is 1. The number of nitrogen functional groups attached to an aromatic ring is 1. The minimum Gasteiger partial charge on any atom is -0.398 e. The number of nitrogens with one attached hydrogen (secondary N) is 2. The van der Waals surface area contributed by atoms with Gasteiger partial charge in [-0.3, -0.25) is 0 Å². The quantitative estimate of drug-likeness (QED) is 0.418. The molecule has 1 unspecified atom stereocenters. The van der Waals surface area contributed by atoms with Crippen molar-refractivity contribution in [3.63, 3.8) is 0 Å². The van der Waals surface area contributed by atoms with E-state index in [4.69, 9.17) is 21.3 Å². The van der Waals surface area contributed by atoms with Gasteiger partial charge in [0.05, 0.1) is 6.10 Å². The summed E-state index contributed by atoms with van der Waals surface area (Å²) in [6.45, 7) is 2.57. The molecule has 4 heteroatoms. The normalized spacial score (nSPS) is 19.0. The summed E-state index contributed by atoms with van der Waals surface area (Å²) in [5.41, 5.74) is 9.50. The highest BCUT2D eigenvalue weighted by Gasteiger charge is 2.09. The summed E-state index contributed by atoms with van der Waals surface area (Å²) in [5, 5.41) is 15.3. The summed E-state index contributed by atoms with van der Waals surface area (Å²) < 4.78 is 5.66. The van der Waals surface area contributed by atoms with Crippen molar-refractivity contribution < 1.29 is 4.74 Å². The monoisotopic (exact) mass is 311 g/mol. The van der Waals surface area contributed by atoms with Crippen molar-refractivity contribution in [2.24, 2.45) is 0 Å². The minimum absolute atomic E-state index is 0.242. The smallest absolute Gasteiger partial charge is 0.0755 e. The second-order valence-electron chi connectivity index (χ2n) is 5.80. The number of nitrogens with two attached hydrogens (primary N) is 1. The van der Waals surface area contributed by atoms with Crippen molar-refractivity contribution in [3.05, 3.63) is 47.6 Å². The van der Waals surface area contributed by atoms with Crippen molar-refractivity contribution in [1.82, 2.24) is 0 Å². The molecule has 0 saturated carbocycles. The molecule has 1 aromatic carbocycles. The fraction of sp³-hybridized carbons (Fsp3) is 0.368. The zero-order chi connectivity index (χ0) is 16.7. The summed E-state index contributed by atoms with van der Waals surface area (Å²) in [4.78, 5) is 0. The minimum atomic E-state index is 0.242. The van der Waals surface area contributed by atoms with Gasteiger partial charge in [0.25, 0.3) is 0 Å². The molecule has 0 bridgehead atoms. The van der Waals surface area contributed by atoms with E-state index in [9.17, 15) is 0 Å². The molecule has 4 N–H and O–H groups in total. The van der Waals surface area contributed by atoms with Gasteiger partial charge in [-0.15, -0.1) is 0 Å². The topological polar surface area (TPSA) is 83.0 Å². The van der Waals surface area contributed by atoms with Crippen LogP contribution in [0.1, 0.15) is 43.7 Å². The summed E-state index contributed by atoms with van der Waals surface area (Å²) >= 11 is 0. The highest BCUT2D eigenvalue weighted by Crippen LogP contribution is 2.21. The molecule has 2 rings (SSSR count). The molecular weight excluding hydrogens is 286 g/mol. The third-order valence-corrected chi connectivity index (χ3v) is 3.98. The van der Waals surface area contributed by atoms with Gasteiger partial charge in [0.15, 0.2) is 0 Å². The van der Waals surface area contributed by atoms with Crippen LogP contribution in [0.25, 0.3) is 5.57 Å². The Morgan fingerprint density at radius 2 is 2.22 bits per heavy atom. The lowest BCUT2D eigenvalue weighted by molar-refractivity contribution is 0.0465. The molecule has 1 fully saturated rings. The number of hydrogen-bond acceptors (Lipinski definition) is 4. The molecule has 0 amide bonds. The predicted molar refractivity (Wildman–Crippen MR) is 97.5 cm³/mol. The molecule has 0 spiro atoms. The molecule has 0 aromatic heterocycles. The van der Waals surface area contributed by atoms with Gasteiger partial charge in [-0.25, -0.2) is 0 Å². The standard InChI is InChI=1S/C19H25N3O/c1-14(21)18-10-9-15(12-19(18)22)16(13-20)6-2-3-7-17-8-4-5-11-23-17/h3,6-7,9-10,12-13,17,20-21H,2,4-5,8,11,22H2,1H3/b7-3+,16-6+,20-13?,21-14?. The second kappa shape index (κ2) is 8.44. The Labute approximate surface area is 138 Å². The Kier molecular flexibility index (Phi) is 6.29. The van der Waals surface area contributed by atoms with E-state index in [1.165, 1.54) is 12.6 Å². The molecule has 1 heterocycles. The van der Waals surface area contributed by atoms with Crippen LogP contribution in [-0.4, -0.2) is 24.6 Å². The summed E-state index contributed by atoms with van der Waals surface area (Å²) in [6.07, 6.45) is 12.1. The molecule has 0 radical (unpaired) electrons. The van der Waals surface area contributed by atoms with E-state index < -0.39 is 0 Å². The maximum Gasteiger partial charge on any atom is 0.0755 e. The highest BCUT2D eigenvalue weighted by molar-refractivity contribution is 6.09. The van der Waals surface area contributed by atoms with E-state index in [0.29, 0.717) is 11.4 Å².